The third-order valence-electron chi connectivity index (χ3n) is 5.15. The fourth-order valence-corrected chi connectivity index (χ4v) is 3.42. The van der Waals surface area contributed by atoms with E-state index in [1.54, 1.807) is 7.05 Å². The average Bonchev–Trinajstić information content (AvgIpc) is 3.15. The van der Waals surface area contributed by atoms with Crippen LogP contribution in [0.15, 0.2) is 9.52 Å². The van der Waals surface area contributed by atoms with Crippen LogP contribution in [0.3, 0.4) is 0 Å². The Morgan fingerprint density at radius 2 is 1.88 bits per heavy atom. The monoisotopic (exact) mass is 564 g/mol. The Balaban J connectivity index is 0.00000512. The molecule has 1 N–H and O–H groups in total. The van der Waals surface area contributed by atoms with Gasteiger partial charge in [-0.25, -0.2) is 4.79 Å². The Morgan fingerprint density at radius 1 is 1.25 bits per heavy atom. The van der Waals surface area contributed by atoms with Crippen LogP contribution in [0.25, 0.3) is 0 Å². The van der Waals surface area contributed by atoms with Gasteiger partial charge in [0.1, 0.15) is 5.60 Å². The van der Waals surface area contributed by atoms with Crippen LogP contribution in [-0.2, 0) is 16.7 Å². The molecule has 0 saturated carbocycles. The molecule has 0 aromatic carbocycles. The van der Waals surface area contributed by atoms with E-state index < -0.39 is 5.60 Å². The smallest absolute Gasteiger partial charge is 0.410 e. The van der Waals surface area contributed by atoms with E-state index >= 15 is 0 Å². The lowest BCUT2D eigenvalue weighted by atomic mass is 9.96. The molecule has 1 aromatic heterocycles. The highest BCUT2D eigenvalue weighted by Gasteiger charge is 2.27. The molecule has 1 saturated heterocycles. The largest absolute Gasteiger partial charge is 0.444 e. The van der Waals surface area contributed by atoms with Gasteiger partial charge in [0, 0.05) is 38.6 Å². The lowest BCUT2D eigenvalue weighted by Crippen LogP contribution is -2.47. The summed E-state index contributed by atoms with van der Waals surface area (Å²) in [7, 11) is 1.78. The highest BCUT2D eigenvalue weighted by molar-refractivity contribution is 14.0. The van der Waals surface area contributed by atoms with E-state index in [2.05, 4.69) is 25.3 Å². The summed E-state index contributed by atoms with van der Waals surface area (Å²) in [5.41, 5.74) is -0.640. The van der Waals surface area contributed by atoms with Gasteiger partial charge in [-0.15, -0.1) is 24.0 Å². The summed E-state index contributed by atoms with van der Waals surface area (Å²) >= 11 is 0. The van der Waals surface area contributed by atoms with Crippen molar-refractivity contribution in [2.24, 2.45) is 10.9 Å². The van der Waals surface area contributed by atoms with Gasteiger partial charge in [-0.1, -0.05) is 25.9 Å². The van der Waals surface area contributed by atoms with Crippen LogP contribution < -0.4 is 5.32 Å². The summed E-state index contributed by atoms with van der Waals surface area (Å²) in [5.74, 6) is 2.54. The minimum atomic E-state index is -0.474. The van der Waals surface area contributed by atoms with Crippen LogP contribution in [0.4, 0.5) is 4.79 Å². The highest BCUT2D eigenvalue weighted by Crippen LogP contribution is 2.21. The van der Waals surface area contributed by atoms with E-state index in [4.69, 9.17) is 9.26 Å². The number of likely N-dealkylation sites (tertiary alicyclic amines) is 1. The number of guanidine groups is 1. The Bertz CT molecular complexity index is 746. The molecule has 1 amide bonds. The molecule has 1 aromatic rings. The molecular weight excluding hydrogens is 523 g/mol. The van der Waals surface area contributed by atoms with Crippen molar-refractivity contribution in [3.63, 3.8) is 0 Å². The van der Waals surface area contributed by atoms with Crippen molar-refractivity contribution in [1.82, 2.24) is 25.3 Å². The van der Waals surface area contributed by atoms with E-state index in [0.717, 1.165) is 38.4 Å². The van der Waals surface area contributed by atoms with Gasteiger partial charge >= 0.3 is 6.09 Å². The van der Waals surface area contributed by atoms with E-state index in [1.807, 2.05) is 53.4 Å². The zero-order valence-electron chi connectivity index (χ0n) is 20.9. The van der Waals surface area contributed by atoms with E-state index in [-0.39, 0.29) is 35.5 Å². The van der Waals surface area contributed by atoms with Gasteiger partial charge in [-0.2, -0.15) is 4.98 Å². The summed E-state index contributed by atoms with van der Waals surface area (Å²) in [6.07, 6.45) is 1.76. The van der Waals surface area contributed by atoms with E-state index in [1.165, 1.54) is 0 Å². The molecule has 0 unspecified atom stereocenters. The number of amides is 1. The molecule has 32 heavy (non-hydrogen) atoms. The van der Waals surface area contributed by atoms with Crippen molar-refractivity contribution in [2.45, 2.75) is 78.9 Å². The lowest BCUT2D eigenvalue weighted by molar-refractivity contribution is 0.0214. The molecule has 10 heteroatoms. The van der Waals surface area contributed by atoms with E-state index in [0.29, 0.717) is 30.7 Å². The number of halogens is 1. The summed E-state index contributed by atoms with van der Waals surface area (Å²) in [6, 6.07) is 0. The maximum Gasteiger partial charge on any atom is 0.410 e. The van der Waals surface area contributed by atoms with Crippen LogP contribution in [0.2, 0.25) is 0 Å². The van der Waals surface area contributed by atoms with Crippen molar-refractivity contribution < 1.29 is 14.1 Å². The number of ether oxygens (including phenoxy) is 1. The number of piperidine rings is 1. The first-order chi connectivity index (χ1) is 14.4. The maximum absolute atomic E-state index is 12.4. The second kappa shape index (κ2) is 12.0. The number of aliphatic imine (C=N–C) groups is 1. The molecule has 1 aliphatic rings. The highest BCUT2D eigenvalue weighted by atomic mass is 127. The fourth-order valence-electron chi connectivity index (χ4n) is 3.42. The molecule has 184 valence electrons. The van der Waals surface area contributed by atoms with Crippen molar-refractivity contribution >= 4 is 36.0 Å². The summed E-state index contributed by atoms with van der Waals surface area (Å²) in [4.78, 5) is 25.3. The molecule has 1 aliphatic heterocycles. The second-order valence-electron chi connectivity index (χ2n) is 10.1. The van der Waals surface area contributed by atoms with Crippen LogP contribution in [0, 0.1) is 5.92 Å². The number of nitrogens with zero attached hydrogens (tertiary/aromatic N) is 5. The molecule has 2 heterocycles. The van der Waals surface area contributed by atoms with Crippen LogP contribution in [-0.4, -0.2) is 70.8 Å². The standard InChI is InChI=1S/C22H40N6O3.HI/c1-9-27(20(29)30-22(5,6)7)15-16-10-12-28(13-11-16)19(23-8)24-14-17-25-18(31-26-17)21(2,3)4;/h16H,9-15H2,1-8H3,(H,23,24);1H. The summed E-state index contributed by atoms with van der Waals surface area (Å²) in [5, 5.41) is 7.40. The van der Waals surface area contributed by atoms with Gasteiger partial charge < -0.3 is 24.4 Å². The molecule has 1 fully saturated rings. The Hall–Kier alpha value is -1.59. The zero-order chi connectivity index (χ0) is 23.2. The molecule has 0 spiro atoms. The first-order valence-electron chi connectivity index (χ1n) is 11.2. The van der Waals surface area contributed by atoms with Gasteiger partial charge in [-0.3, -0.25) is 4.99 Å². The lowest BCUT2D eigenvalue weighted by Gasteiger charge is -2.36. The first-order valence-corrected chi connectivity index (χ1v) is 11.2. The van der Waals surface area contributed by atoms with Gasteiger partial charge in [-0.05, 0) is 46.5 Å². The number of carbonyl (C=O) groups is 1. The van der Waals surface area contributed by atoms with Crippen molar-refractivity contribution in [3.05, 3.63) is 11.7 Å². The number of aromatic nitrogens is 2. The van der Waals surface area contributed by atoms with Crippen LogP contribution in [0.1, 0.15) is 73.0 Å². The quantitative estimate of drug-likeness (QED) is 0.328. The zero-order valence-corrected chi connectivity index (χ0v) is 23.2. The Kier molecular flexibility index (Phi) is 10.7. The third-order valence-corrected chi connectivity index (χ3v) is 5.15. The average molecular weight is 565 g/mol. The van der Waals surface area contributed by atoms with Crippen molar-refractivity contribution in [3.8, 4) is 0 Å². The van der Waals surface area contributed by atoms with Crippen LogP contribution >= 0.6 is 24.0 Å². The molecule has 0 atom stereocenters. The SMILES string of the molecule is CCN(CC1CCN(C(=NC)NCc2noc(C(C)(C)C)n2)CC1)C(=O)OC(C)(C)C.I. The molecule has 2 rings (SSSR count). The second-order valence-corrected chi connectivity index (χ2v) is 10.1. The fraction of sp³-hybridized carbons (Fsp3) is 0.818. The summed E-state index contributed by atoms with van der Waals surface area (Å²) in [6.45, 7) is 17.4. The predicted octanol–water partition coefficient (Wildman–Crippen LogP) is 4.03. The number of hydrogen-bond acceptors (Lipinski definition) is 6. The van der Waals surface area contributed by atoms with Crippen LogP contribution in [0.5, 0.6) is 0 Å². The normalized spacial score (nSPS) is 15.9. The van der Waals surface area contributed by atoms with Gasteiger partial charge in [0.15, 0.2) is 11.8 Å². The molecule has 0 radical (unpaired) electrons. The molecular formula is C22H41IN6O3. The maximum atomic E-state index is 12.4. The molecule has 0 aliphatic carbocycles. The molecule has 0 bridgehead atoms. The minimum Gasteiger partial charge on any atom is -0.444 e. The van der Waals surface area contributed by atoms with Gasteiger partial charge in [0.2, 0.25) is 5.89 Å². The van der Waals surface area contributed by atoms with Crippen molar-refractivity contribution in [1.29, 1.82) is 0 Å². The number of hydrogen-bond donors (Lipinski definition) is 1. The predicted molar refractivity (Wildman–Crippen MR) is 136 cm³/mol. The molecule has 9 nitrogen and oxygen atoms in total. The number of rotatable bonds is 5. The van der Waals surface area contributed by atoms with E-state index in [9.17, 15) is 4.79 Å². The summed E-state index contributed by atoms with van der Waals surface area (Å²) < 4.78 is 10.9. The number of nitrogens with one attached hydrogen (secondary N) is 1. The third kappa shape index (κ3) is 8.74. The number of carbonyl (C=O) groups excluding carboxylic acids is 1. The van der Waals surface area contributed by atoms with Gasteiger partial charge in [0.25, 0.3) is 0 Å². The Labute approximate surface area is 209 Å². The van der Waals surface area contributed by atoms with Crippen molar-refractivity contribution in [2.75, 3.05) is 33.2 Å². The topological polar surface area (TPSA) is 96.1 Å². The van der Waals surface area contributed by atoms with Gasteiger partial charge in [0.05, 0.1) is 6.54 Å². The first kappa shape index (κ1) is 28.4. The minimum absolute atomic E-state index is 0. The Morgan fingerprint density at radius 3 is 2.34 bits per heavy atom.